The highest BCUT2D eigenvalue weighted by Crippen LogP contribution is 2.19. The summed E-state index contributed by atoms with van der Waals surface area (Å²) in [4.78, 5) is 26.9. The molecule has 0 bridgehead atoms. The molecule has 0 radical (unpaired) electrons. The Morgan fingerprint density at radius 1 is 1.04 bits per heavy atom. The van der Waals surface area contributed by atoms with Gasteiger partial charge in [-0.15, -0.1) is 0 Å². The Labute approximate surface area is 165 Å². The monoisotopic (exact) mass is 382 g/mol. The fraction of sp³-hybridized carbons (Fsp3) is 0.364. The number of nitrogens with zero attached hydrogens (tertiary/aromatic N) is 1. The fourth-order valence-corrected chi connectivity index (χ4v) is 2.97. The normalized spacial score (nSPS) is 15.0. The van der Waals surface area contributed by atoms with Crippen molar-refractivity contribution in [3.05, 3.63) is 59.2 Å². The van der Waals surface area contributed by atoms with E-state index in [1.807, 2.05) is 44.2 Å². The number of aryl methyl sites for hydroxylation is 2. The SMILES string of the molecule is Cc1ccc(C(=O)OC(C)C(=O)Nc2ccc(N3CCOCC3)cc2)cc1C. The van der Waals surface area contributed by atoms with Crippen molar-refractivity contribution in [1.82, 2.24) is 0 Å². The lowest BCUT2D eigenvalue weighted by molar-refractivity contribution is -0.123. The van der Waals surface area contributed by atoms with Crippen molar-refractivity contribution >= 4 is 23.3 Å². The summed E-state index contributed by atoms with van der Waals surface area (Å²) in [6, 6.07) is 13.0. The van der Waals surface area contributed by atoms with Gasteiger partial charge in [-0.3, -0.25) is 4.79 Å². The van der Waals surface area contributed by atoms with Crippen LogP contribution in [0.25, 0.3) is 0 Å². The van der Waals surface area contributed by atoms with Gasteiger partial charge in [-0.05, 0) is 68.3 Å². The number of morpholine rings is 1. The van der Waals surface area contributed by atoms with E-state index in [1.165, 1.54) is 0 Å². The zero-order valence-corrected chi connectivity index (χ0v) is 16.5. The Morgan fingerprint density at radius 2 is 1.71 bits per heavy atom. The summed E-state index contributed by atoms with van der Waals surface area (Å²) >= 11 is 0. The van der Waals surface area contributed by atoms with Gasteiger partial charge in [-0.25, -0.2) is 4.79 Å². The van der Waals surface area contributed by atoms with E-state index in [0.717, 1.165) is 43.1 Å². The highest BCUT2D eigenvalue weighted by atomic mass is 16.5. The van der Waals surface area contributed by atoms with Crippen molar-refractivity contribution in [1.29, 1.82) is 0 Å². The van der Waals surface area contributed by atoms with Crippen LogP contribution >= 0.6 is 0 Å². The van der Waals surface area contributed by atoms with Gasteiger partial charge in [0.05, 0.1) is 18.8 Å². The van der Waals surface area contributed by atoms with E-state index in [0.29, 0.717) is 11.3 Å². The lowest BCUT2D eigenvalue weighted by atomic mass is 10.1. The molecule has 0 aliphatic carbocycles. The van der Waals surface area contributed by atoms with Crippen LogP contribution in [0.3, 0.4) is 0 Å². The first kappa shape index (κ1) is 19.9. The first-order valence-electron chi connectivity index (χ1n) is 9.46. The standard InChI is InChI=1S/C22H26N2O4/c1-15-4-5-18(14-16(15)2)22(26)28-17(3)21(25)23-19-6-8-20(9-7-19)24-10-12-27-13-11-24/h4-9,14,17H,10-13H2,1-3H3,(H,23,25). The highest BCUT2D eigenvalue weighted by molar-refractivity contribution is 5.97. The van der Waals surface area contributed by atoms with Crippen LogP contribution in [0.1, 0.15) is 28.4 Å². The largest absolute Gasteiger partial charge is 0.449 e. The topological polar surface area (TPSA) is 67.9 Å². The maximum absolute atomic E-state index is 12.4. The Balaban J connectivity index is 1.56. The average molecular weight is 382 g/mol. The number of amides is 1. The number of hydrogen-bond acceptors (Lipinski definition) is 5. The Bertz CT molecular complexity index is 842. The van der Waals surface area contributed by atoms with E-state index in [1.54, 1.807) is 19.1 Å². The second-order valence-electron chi connectivity index (χ2n) is 6.98. The number of carbonyl (C=O) groups is 2. The van der Waals surface area contributed by atoms with E-state index >= 15 is 0 Å². The van der Waals surface area contributed by atoms with Gasteiger partial charge < -0.3 is 19.7 Å². The van der Waals surface area contributed by atoms with Gasteiger partial charge in [0.15, 0.2) is 6.10 Å². The lowest BCUT2D eigenvalue weighted by Crippen LogP contribution is -2.36. The van der Waals surface area contributed by atoms with E-state index < -0.39 is 12.1 Å². The molecule has 6 heteroatoms. The first-order valence-corrected chi connectivity index (χ1v) is 9.46. The number of esters is 1. The third kappa shape index (κ3) is 4.89. The third-order valence-corrected chi connectivity index (χ3v) is 4.91. The molecule has 0 saturated carbocycles. The summed E-state index contributed by atoms with van der Waals surface area (Å²) in [5, 5.41) is 2.79. The second-order valence-corrected chi connectivity index (χ2v) is 6.98. The Morgan fingerprint density at radius 3 is 2.36 bits per heavy atom. The van der Waals surface area contributed by atoms with Crippen LogP contribution in [0.2, 0.25) is 0 Å². The first-order chi connectivity index (χ1) is 13.4. The molecule has 2 aromatic carbocycles. The lowest BCUT2D eigenvalue weighted by Gasteiger charge is -2.28. The van der Waals surface area contributed by atoms with Crippen LogP contribution in [0.5, 0.6) is 0 Å². The summed E-state index contributed by atoms with van der Waals surface area (Å²) in [5.74, 6) is -0.871. The molecular formula is C22H26N2O4. The Kier molecular flexibility index (Phi) is 6.31. The van der Waals surface area contributed by atoms with Crippen molar-refractivity contribution in [2.75, 3.05) is 36.5 Å². The molecule has 1 unspecified atom stereocenters. The summed E-state index contributed by atoms with van der Waals surface area (Å²) in [7, 11) is 0. The van der Waals surface area contributed by atoms with Gasteiger partial charge in [-0.1, -0.05) is 6.07 Å². The summed E-state index contributed by atoms with van der Waals surface area (Å²) in [6.07, 6.45) is -0.895. The van der Waals surface area contributed by atoms with Crippen molar-refractivity contribution in [2.24, 2.45) is 0 Å². The summed E-state index contributed by atoms with van der Waals surface area (Å²) in [6.45, 7) is 8.64. The average Bonchev–Trinajstić information content (AvgIpc) is 2.71. The second kappa shape index (κ2) is 8.89. The van der Waals surface area contributed by atoms with Gasteiger partial charge in [0, 0.05) is 24.5 Å². The molecular weight excluding hydrogens is 356 g/mol. The zero-order valence-electron chi connectivity index (χ0n) is 16.5. The van der Waals surface area contributed by atoms with Gasteiger partial charge in [0.2, 0.25) is 0 Å². The van der Waals surface area contributed by atoms with Crippen molar-refractivity contribution in [3.63, 3.8) is 0 Å². The molecule has 1 heterocycles. The molecule has 1 aliphatic rings. The van der Waals surface area contributed by atoms with Crippen LogP contribution in [0.15, 0.2) is 42.5 Å². The van der Waals surface area contributed by atoms with Gasteiger partial charge in [-0.2, -0.15) is 0 Å². The highest BCUT2D eigenvalue weighted by Gasteiger charge is 2.19. The van der Waals surface area contributed by atoms with Crippen LogP contribution in [-0.4, -0.2) is 44.3 Å². The molecule has 1 fully saturated rings. The summed E-state index contributed by atoms with van der Waals surface area (Å²) in [5.41, 5.74) is 4.30. The molecule has 2 aromatic rings. The van der Waals surface area contributed by atoms with Crippen LogP contribution < -0.4 is 10.2 Å². The van der Waals surface area contributed by atoms with E-state index in [-0.39, 0.29) is 5.91 Å². The van der Waals surface area contributed by atoms with Gasteiger partial charge >= 0.3 is 5.97 Å². The predicted octanol–water partition coefficient (Wildman–Crippen LogP) is 3.32. The molecule has 3 rings (SSSR count). The minimum Gasteiger partial charge on any atom is -0.449 e. The summed E-state index contributed by atoms with van der Waals surface area (Å²) < 4.78 is 10.7. The number of benzene rings is 2. The predicted molar refractivity (Wildman–Crippen MR) is 109 cm³/mol. The van der Waals surface area contributed by atoms with E-state index in [4.69, 9.17) is 9.47 Å². The molecule has 6 nitrogen and oxygen atoms in total. The zero-order chi connectivity index (χ0) is 20.1. The maximum atomic E-state index is 12.4. The number of anilines is 2. The molecule has 148 valence electrons. The minimum atomic E-state index is -0.895. The number of rotatable bonds is 5. The van der Waals surface area contributed by atoms with Crippen LogP contribution in [-0.2, 0) is 14.3 Å². The van der Waals surface area contributed by atoms with E-state index in [9.17, 15) is 9.59 Å². The van der Waals surface area contributed by atoms with Crippen LogP contribution in [0.4, 0.5) is 11.4 Å². The van der Waals surface area contributed by atoms with Crippen molar-refractivity contribution in [2.45, 2.75) is 26.9 Å². The molecule has 1 atom stereocenters. The van der Waals surface area contributed by atoms with Crippen molar-refractivity contribution < 1.29 is 19.1 Å². The minimum absolute atomic E-state index is 0.365. The number of carbonyl (C=O) groups excluding carboxylic acids is 2. The van der Waals surface area contributed by atoms with Crippen molar-refractivity contribution in [3.8, 4) is 0 Å². The third-order valence-electron chi connectivity index (χ3n) is 4.91. The maximum Gasteiger partial charge on any atom is 0.338 e. The Hall–Kier alpha value is -2.86. The molecule has 1 N–H and O–H groups in total. The van der Waals surface area contributed by atoms with Gasteiger partial charge in [0.25, 0.3) is 5.91 Å². The fourth-order valence-electron chi connectivity index (χ4n) is 2.97. The number of nitrogens with one attached hydrogen (secondary N) is 1. The quantitative estimate of drug-likeness (QED) is 0.804. The number of ether oxygens (including phenoxy) is 2. The molecule has 1 aliphatic heterocycles. The molecule has 1 amide bonds. The van der Waals surface area contributed by atoms with Gasteiger partial charge in [0.1, 0.15) is 0 Å². The number of hydrogen-bond donors (Lipinski definition) is 1. The molecule has 1 saturated heterocycles. The van der Waals surface area contributed by atoms with Crippen LogP contribution in [0, 0.1) is 13.8 Å². The molecule has 0 aromatic heterocycles. The smallest absolute Gasteiger partial charge is 0.338 e. The van der Waals surface area contributed by atoms with E-state index in [2.05, 4.69) is 10.2 Å². The molecule has 0 spiro atoms. The molecule has 28 heavy (non-hydrogen) atoms.